The number of carbonyl (C=O) groups excluding carboxylic acids is 1. The summed E-state index contributed by atoms with van der Waals surface area (Å²) in [5, 5.41) is 6.13. The number of amides is 1. The second-order valence-corrected chi connectivity index (χ2v) is 5.78. The zero-order chi connectivity index (χ0) is 12.4. The molecule has 17 heavy (non-hydrogen) atoms. The Kier molecular flexibility index (Phi) is 3.79. The number of nitrogens with one attached hydrogen (secondary N) is 1. The average molecular weight is 253 g/mol. The summed E-state index contributed by atoms with van der Waals surface area (Å²) in [7, 11) is 0. The molecule has 1 saturated carbocycles. The van der Waals surface area contributed by atoms with Gasteiger partial charge in [-0.25, -0.2) is 4.98 Å². The van der Waals surface area contributed by atoms with Crippen LogP contribution in [0.15, 0.2) is 5.38 Å². The number of carbonyl (C=O) groups is 1. The van der Waals surface area contributed by atoms with Gasteiger partial charge in [0, 0.05) is 23.5 Å². The fourth-order valence-electron chi connectivity index (χ4n) is 1.85. The minimum atomic E-state index is -0.0899. The fraction of sp³-hybridized carbons (Fsp3) is 0.667. The number of nitrogens with two attached hydrogens (primary N) is 1. The van der Waals surface area contributed by atoms with Crippen LogP contribution in [0, 0.1) is 12.8 Å². The highest BCUT2D eigenvalue weighted by atomic mass is 32.1. The third kappa shape index (κ3) is 3.51. The smallest absolute Gasteiger partial charge is 0.222 e. The van der Waals surface area contributed by atoms with Crippen molar-refractivity contribution in [3.63, 3.8) is 0 Å². The van der Waals surface area contributed by atoms with Gasteiger partial charge in [-0.3, -0.25) is 4.79 Å². The van der Waals surface area contributed by atoms with Crippen molar-refractivity contribution < 1.29 is 4.79 Å². The highest BCUT2D eigenvalue weighted by Gasteiger charge is 2.35. The van der Waals surface area contributed by atoms with E-state index in [0.717, 1.165) is 10.7 Å². The van der Waals surface area contributed by atoms with Crippen LogP contribution < -0.4 is 11.1 Å². The average Bonchev–Trinajstić information content (AvgIpc) is 2.97. The molecule has 0 saturated heterocycles. The summed E-state index contributed by atoms with van der Waals surface area (Å²) in [6, 6.07) is 0.00725. The Bertz CT molecular complexity index is 398. The van der Waals surface area contributed by atoms with Gasteiger partial charge in [-0.05, 0) is 32.6 Å². The van der Waals surface area contributed by atoms with Gasteiger partial charge < -0.3 is 11.1 Å². The van der Waals surface area contributed by atoms with E-state index in [1.165, 1.54) is 12.8 Å². The van der Waals surface area contributed by atoms with Crippen LogP contribution in [0.4, 0.5) is 0 Å². The van der Waals surface area contributed by atoms with Gasteiger partial charge in [-0.2, -0.15) is 0 Å². The summed E-state index contributed by atoms with van der Waals surface area (Å²) in [6.45, 7) is 3.83. The van der Waals surface area contributed by atoms with Crippen LogP contribution in [0.5, 0.6) is 0 Å². The summed E-state index contributed by atoms with van der Waals surface area (Å²) < 4.78 is 0. The zero-order valence-corrected chi connectivity index (χ0v) is 11.1. The predicted molar refractivity (Wildman–Crippen MR) is 68.7 cm³/mol. The van der Waals surface area contributed by atoms with Crippen molar-refractivity contribution in [2.24, 2.45) is 11.7 Å². The molecule has 1 aliphatic rings. The quantitative estimate of drug-likeness (QED) is 0.840. The van der Waals surface area contributed by atoms with Gasteiger partial charge in [0.2, 0.25) is 5.91 Å². The number of rotatable bonds is 5. The number of nitrogens with zero attached hydrogens (tertiary/aromatic N) is 1. The highest BCUT2D eigenvalue weighted by molar-refractivity contribution is 7.09. The van der Waals surface area contributed by atoms with Crippen molar-refractivity contribution in [3.8, 4) is 0 Å². The van der Waals surface area contributed by atoms with Crippen LogP contribution >= 0.6 is 11.3 Å². The van der Waals surface area contributed by atoms with Crippen LogP contribution in [0.1, 0.15) is 42.9 Å². The van der Waals surface area contributed by atoms with E-state index in [2.05, 4.69) is 10.3 Å². The van der Waals surface area contributed by atoms with Crippen molar-refractivity contribution in [2.45, 2.75) is 45.2 Å². The molecule has 1 fully saturated rings. The standard InChI is InChI=1S/C12H19N3OS/c1-7(13)5-10(16)15-11(9-3-4-9)12-14-8(2)6-17-12/h6-7,9,11H,3-5,13H2,1-2H3,(H,15,16). The first-order valence-electron chi connectivity index (χ1n) is 6.03. The van der Waals surface area contributed by atoms with Crippen molar-refractivity contribution in [2.75, 3.05) is 0 Å². The van der Waals surface area contributed by atoms with E-state index in [1.54, 1.807) is 11.3 Å². The molecule has 4 nitrogen and oxygen atoms in total. The lowest BCUT2D eigenvalue weighted by molar-refractivity contribution is -0.122. The molecule has 0 bridgehead atoms. The summed E-state index contributed by atoms with van der Waals surface area (Å²) in [4.78, 5) is 16.2. The SMILES string of the molecule is Cc1csc(C(NC(=O)CC(C)N)C2CC2)n1. The lowest BCUT2D eigenvalue weighted by atomic mass is 10.1. The summed E-state index contributed by atoms with van der Waals surface area (Å²) >= 11 is 1.63. The van der Waals surface area contributed by atoms with E-state index in [4.69, 9.17) is 5.73 Å². The Balaban J connectivity index is 2.00. The van der Waals surface area contributed by atoms with Gasteiger partial charge in [0.15, 0.2) is 0 Å². The predicted octanol–water partition coefficient (Wildman–Crippen LogP) is 1.76. The monoisotopic (exact) mass is 253 g/mol. The number of thiazole rings is 1. The molecular weight excluding hydrogens is 234 g/mol. The maximum atomic E-state index is 11.8. The van der Waals surface area contributed by atoms with Gasteiger partial charge in [-0.15, -0.1) is 11.3 Å². The van der Waals surface area contributed by atoms with Gasteiger partial charge >= 0.3 is 0 Å². The van der Waals surface area contributed by atoms with Gasteiger partial charge in [0.05, 0.1) is 6.04 Å². The molecule has 5 heteroatoms. The number of hydrogen-bond donors (Lipinski definition) is 2. The van der Waals surface area contributed by atoms with Crippen LogP contribution in [-0.2, 0) is 4.79 Å². The Hall–Kier alpha value is -0.940. The number of aryl methyl sites for hydroxylation is 1. The Labute approximate surface area is 106 Å². The Morgan fingerprint density at radius 3 is 2.88 bits per heavy atom. The molecule has 0 radical (unpaired) electrons. The topological polar surface area (TPSA) is 68.0 Å². The molecule has 2 atom stereocenters. The molecule has 0 spiro atoms. The Morgan fingerprint density at radius 1 is 1.71 bits per heavy atom. The fourth-order valence-corrected chi connectivity index (χ4v) is 2.79. The van der Waals surface area contributed by atoms with E-state index >= 15 is 0 Å². The minimum Gasteiger partial charge on any atom is -0.347 e. The van der Waals surface area contributed by atoms with Crippen LogP contribution in [0.25, 0.3) is 0 Å². The molecule has 1 aromatic rings. The van der Waals surface area contributed by atoms with Crippen molar-refractivity contribution in [3.05, 3.63) is 16.1 Å². The maximum absolute atomic E-state index is 11.8. The maximum Gasteiger partial charge on any atom is 0.222 e. The lowest BCUT2D eigenvalue weighted by Crippen LogP contribution is -2.33. The molecule has 1 aromatic heterocycles. The van der Waals surface area contributed by atoms with Gasteiger partial charge in [-0.1, -0.05) is 0 Å². The molecule has 0 aromatic carbocycles. The number of hydrogen-bond acceptors (Lipinski definition) is 4. The van der Waals surface area contributed by atoms with E-state index in [0.29, 0.717) is 12.3 Å². The summed E-state index contributed by atoms with van der Waals surface area (Å²) in [5.41, 5.74) is 6.65. The molecule has 0 aliphatic heterocycles. The largest absolute Gasteiger partial charge is 0.347 e. The van der Waals surface area contributed by atoms with Gasteiger partial charge in [0.25, 0.3) is 0 Å². The molecule has 2 rings (SSSR count). The van der Waals surface area contributed by atoms with Crippen LogP contribution in [0.2, 0.25) is 0 Å². The third-order valence-corrected chi connectivity index (χ3v) is 3.87. The number of aromatic nitrogens is 1. The molecule has 3 N–H and O–H groups in total. The second-order valence-electron chi connectivity index (χ2n) is 4.89. The lowest BCUT2D eigenvalue weighted by Gasteiger charge is -2.16. The second kappa shape index (κ2) is 5.14. The van der Waals surface area contributed by atoms with Crippen LogP contribution in [0.3, 0.4) is 0 Å². The zero-order valence-electron chi connectivity index (χ0n) is 10.3. The van der Waals surface area contributed by atoms with E-state index in [1.807, 2.05) is 19.2 Å². The first-order chi connectivity index (χ1) is 8.06. The Morgan fingerprint density at radius 2 is 2.41 bits per heavy atom. The summed E-state index contributed by atoms with van der Waals surface area (Å²) in [6.07, 6.45) is 2.75. The van der Waals surface area contributed by atoms with Crippen molar-refractivity contribution >= 4 is 17.2 Å². The summed E-state index contributed by atoms with van der Waals surface area (Å²) in [5.74, 6) is 0.599. The first kappa shape index (κ1) is 12.5. The third-order valence-electron chi connectivity index (χ3n) is 2.82. The highest BCUT2D eigenvalue weighted by Crippen LogP contribution is 2.41. The normalized spacial score (nSPS) is 18.8. The molecule has 1 heterocycles. The molecular formula is C12H19N3OS. The first-order valence-corrected chi connectivity index (χ1v) is 6.91. The molecule has 2 unspecified atom stereocenters. The van der Waals surface area contributed by atoms with Crippen LogP contribution in [-0.4, -0.2) is 16.9 Å². The molecule has 1 amide bonds. The molecule has 94 valence electrons. The van der Waals surface area contributed by atoms with E-state index < -0.39 is 0 Å². The van der Waals surface area contributed by atoms with E-state index in [-0.39, 0.29) is 18.0 Å². The van der Waals surface area contributed by atoms with E-state index in [9.17, 15) is 4.79 Å². The van der Waals surface area contributed by atoms with Crippen molar-refractivity contribution in [1.82, 2.24) is 10.3 Å². The van der Waals surface area contributed by atoms with Crippen molar-refractivity contribution in [1.29, 1.82) is 0 Å². The van der Waals surface area contributed by atoms with Gasteiger partial charge in [0.1, 0.15) is 5.01 Å². The minimum absolute atomic E-state index is 0.0322. The molecule has 1 aliphatic carbocycles.